The normalized spacial score (nSPS) is 11.8. The molecule has 0 aliphatic heterocycles. The van der Waals surface area contributed by atoms with Gasteiger partial charge < -0.3 is 14.9 Å². The standard InChI is InChI=1S/C15H14O4/c16-10-14(19-13-4-2-1-3-5-13)11-6-8-12(9-7-11)15(17)18/h1-9,14,16H,10H2,(H,17,18). The quantitative estimate of drug-likeness (QED) is 0.864. The summed E-state index contributed by atoms with van der Waals surface area (Å²) < 4.78 is 5.65. The Morgan fingerprint density at radius 2 is 1.68 bits per heavy atom. The largest absolute Gasteiger partial charge is 0.483 e. The highest BCUT2D eigenvalue weighted by Gasteiger charge is 2.13. The lowest BCUT2D eigenvalue weighted by Gasteiger charge is -2.17. The van der Waals surface area contributed by atoms with E-state index in [4.69, 9.17) is 9.84 Å². The van der Waals surface area contributed by atoms with E-state index in [1.807, 2.05) is 18.2 Å². The number of benzene rings is 2. The predicted molar refractivity (Wildman–Crippen MR) is 70.3 cm³/mol. The van der Waals surface area contributed by atoms with Crippen molar-refractivity contribution in [1.29, 1.82) is 0 Å². The van der Waals surface area contributed by atoms with Crippen molar-refractivity contribution in [1.82, 2.24) is 0 Å². The molecule has 2 N–H and O–H groups in total. The summed E-state index contributed by atoms with van der Waals surface area (Å²) in [4.78, 5) is 10.8. The van der Waals surface area contributed by atoms with Crippen LogP contribution in [0.3, 0.4) is 0 Å². The van der Waals surface area contributed by atoms with Crippen LogP contribution >= 0.6 is 0 Å². The van der Waals surface area contributed by atoms with Gasteiger partial charge in [0.15, 0.2) is 0 Å². The average molecular weight is 258 g/mol. The first-order valence-corrected chi connectivity index (χ1v) is 5.86. The molecule has 2 aromatic carbocycles. The molecule has 0 bridgehead atoms. The van der Waals surface area contributed by atoms with Gasteiger partial charge in [-0.3, -0.25) is 0 Å². The lowest BCUT2D eigenvalue weighted by Crippen LogP contribution is -2.12. The Bertz CT molecular complexity index is 534. The second-order valence-electron chi connectivity index (χ2n) is 4.03. The van der Waals surface area contributed by atoms with Crippen molar-refractivity contribution in [3.8, 4) is 5.75 Å². The first kappa shape index (κ1) is 13.1. The fraction of sp³-hybridized carbons (Fsp3) is 0.133. The molecule has 0 saturated carbocycles. The minimum Gasteiger partial charge on any atom is -0.483 e. The number of carboxylic acids is 1. The fourth-order valence-corrected chi connectivity index (χ4v) is 1.71. The van der Waals surface area contributed by atoms with Crippen LogP contribution in [0.5, 0.6) is 5.75 Å². The van der Waals surface area contributed by atoms with E-state index in [1.165, 1.54) is 12.1 Å². The van der Waals surface area contributed by atoms with Crippen molar-refractivity contribution < 1.29 is 19.7 Å². The Balaban J connectivity index is 2.15. The molecular formula is C15H14O4. The maximum Gasteiger partial charge on any atom is 0.335 e. The number of carboxylic acid groups (broad SMARTS) is 1. The SMILES string of the molecule is O=C(O)c1ccc(C(CO)Oc2ccccc2)cc1. The van der Waals surface area contributed by atoms with Gasteiger partial charge in [0.1, 0.15) is 11.9 Å². The minimum atomic E-state index is -0.976. The summed E-state index contributed by atoms with van der Waals surface area (Å²) >= 11 is 0. The van der Waals surface area contributed by atoms with E-state index in [2.05, 4.69) is 0 Å². The molecule has 0 spiro atoms. The summed E-state index contributed by atoms with van der Waals surface area (Å²) in [6.45, 7) is -0.179. The number of hydrogen-bond donors (Lipinski definition) is 2. The summed E-state index contributed by atoms with van der Waals surface area (Å²) in [5.41, 5.74) is 0.941. The Morgan fingerprint density at radius 1 is 1.05 bits per heavy atom. The molecule has 0 aliphatic carbocycles. The molecule has 0 aliphatic rings. The van der Waals surface area contributed by atoms with E-state index in [9.17, 15) is 9.90 Å². The molecule has 1 unspecified atom stereocenters. The van der Waals surface area contributed by atoms with Crippen molar-refractivity contribution in [3.05, 3.63) is 65.7 Å². The van der Waals surface area contributed by atoms with Gasteiger partial charge in [-0.15, -0.1) is 0 Å². The highest BCUT2D eigenvalue weighted by atomic mass is 16.5. The first-order chi connectivity index (χ1) is 9.20. The molecule has 0 heterocycles. The van der Waals surface area contributed by atoms with Gasteiger partial charge in [-0.05, 0) is 29.8 Å². The number of aliphatic hydroxyl groups excluding tert-OH is 1. The Labute approximate surface area is 110 Å². The van der Waals surface area contributed by atoms with Crippen LogP contribution in [0.2, 0.25) is 0 Å². The number of carbonyl (C=O) groups is 1. The Kier molecular flexibility index (Phi) is 4.15. The van der Waals surface area contributed by atoms with Crippen LogP contribution in [-0.4, -0.2) is 22.8 Å². The van der Waals surface area contributed by atoms with Gasteiger partial charge in [0.2, 0.25) is 0 Å². The summed E-state index contributed by atoms with van der Waals surface area (Å²) in [6, 6.07) is 15.4. The molecule has 19 heavy (non-hydrogen) atoms. The molecule has 0 aromatic heterocycles. The Morgan fingerprint density at radius 3 is 2.21 bits per heavy atom. The predicted octanol–water partition coefficient (Wildman–Crippen LogP) is 2.50. The van der Waals surface area contributed by atoms with Crippen molar-refractivity contribution in [2.45, 2.75) is 6.10 Å². The second kappa shape index (κ2) is 6.02. The molecule has 2 rings (SSSR count). The van der Waals surface area contributed by atoms with E-state index in [0.29, 0.717) is 5.75 Å². The van der Waals surface area contributed by atoms with Crippen LogP contribution in [0.25, 0.3) is 0 Å². The average Bonchev–Trinajstić information content (AvgIpc) is 2.46. The van der Waals surface area contributed by atoms with E-state index < -0.39 is 12.1 Å². The highest BCUT2D eigenvalue weighted by molar-refractivity contribution is 5.87. The minimum absolute atomic E-state index is 0.179. The third-order valence-corrected chi connectivity index (χ3v) is 2.72. The molecule has 4 nitrogen and oxygen atoms in total. The number of rotatable bonds is 5. The van der Waals surface area contributed by atoms with E-state index in [0.717, 1.165) is 5.56 Å². The lowest BCUT2D eigenvalue weighted by molar-refractivity contribution is 0.0696. The third kappa shape index (κ3) is 3.33. The highest BCUT2D eigenvalue weighted by Crippen LogP contribution is 2.21. The number of aromatic carboxylic acids is 1. The van der Waals surface area contributed by atoms with E-state index >= 15 is 0 Å². The summed E-state index contributed by atoms with van der Waals surface area (Å²) in [5.74, 6) is -0.320. The number of para-hydroxylation sites is 1. The molecule has 0 amide bonds. The summed E-state index contributed by atoms with van der Waals surface area (Å²) in [5, 5.41) is 18.2. The lowest BCUT2D eigenvalue weighted by atomic mass is 10.1. The van der Waals surface area contributed by atoms with Crippen molar-refractivity contribution in [2.75, 3.05) is 6.61 Å². The summed E-state index contributed by atoms with van der Waals surface area (Å²) in [6.07, 6.45) is -0.509. The topological polar surface area (TPSA) is 66.8 Å². The zero-order valence-electron chi connectivity index (χ0n) is 10.2. The monoisotopic (exact) mass is 258 g/mol. The number of hydrogen-bond acceptors (Lipinski definition) is 3. The molecule has 0 saturated heterocycles. The molecule has 2 aromatic rings. The van der Waals surface area contributed by atoms with Gasteiger partial charge in [-0.1, -0.05) is 30.3 Å². The van der Waals surface area contributed by atoms with Gasteiger partial charge in [0.25, 0.3) is 0 Å². The zero-order chi connectivity index (χ0) is 13.7. The molecule has 0 radical (unpaired) electrons. The van der Waals surface area contributed by atoms with Crippen LogP contribution in [0.1, 0.15) is 22.0 Å². The van der Waals surface area contributed by atoms with Crippen molar-refractivity contribution in [3.63, 3.8) is 0 Å². The van der Waals surface area contributed by atoms with Crippen LogP contribution < -0.4 is 4.74 Å². The Hall–Kier alpha value is -2.33. The van der Waals surface area contributed by atoms with Crippen LogP contribution in [-0.2, 0) is 0 Å². The molecule has 1 atom stereocenters. The van der Waals surface area contributed by atoms with E-state index in [1.54, 1.807) is 24.3 Å². The van der Waals surface area contributed by atoms with Gasteiger partial charge in [-0.25, -0.2) is 4.79 Å². The van der Waals surface area contributed by atoms with Gasteiger partial charge in [-0.2, -0.15) is 0 Å². The second-order valence-corrected chi connectivity index (χ2v) is 4.03. The van der Waals surface area contributed by atoms with Crippen molar-refractivity contribution >= 4 is 5.97 Å². The third-order valence-electron chi connectivity index (χ3n) is 2.72. The fourth-order valence-electron chi connectivity index (χ4n) is 1.71. The first-order valence-electron chi connectivity index (χ1n) is 5.86. The van der Waals surface area contributed by atoms with Crippen LogP contribution in [0.4, 0.5) is 0 Å². The van der Waals surface area contributed by atoms with Gasteiger partial charge >= 0.3 is 5.97 Å². The molecule has 0 fully saturated rings. The van der Waals surface area contributed by atoms with Gasteiger partial charge in [0.05, 0.1) is 12.2 Å². The molecule has 4 heteroatoms. The summed E-state index contributed by atoms with van der Waals surface area (Å²) in [7, 11) is 0. The number of ether oxygens (including phenoxy) is 1. The number of aliphatic hydroxyl groups is 1. The zero-order valence-corrected chi connectivity index (χ0v) is 10.2. The van der Waals surface area contributed by atoms with Crippen molar-refractivity contribution in [2.24, 2.45) is 0 Å². The van der Waals surface area contributed by atoms with Crippen LogP contribution in [0, 0.1) is 0 Å². The smallest absolute Gasteiger partial charge is 0.335 e. The molecule has 98 valence electrons. The molecular weight excluding hydrogens is 244 g/mol. The van der Waals surface area contributed by atoms with E-state index in [-0.39, 0.29) is 12.2 Å². The van der Waals surface area contributed by atoms with Gasteiger partial charge in [0, 0.05) is 0 Å². The van der Waals surface area contributed by atoms with Crippen LogP contribution in [0.15, 0.2) is 54.6 Å². The maximum absolute atomic E-state index is 10.8. The maximum atomic E-state index is 10.8.